The van der Waals surface area contributed by atoms with Crippen molar-refractivity contribution in [1.29, 1.82) is 0 Å². The molecule has 1 aromatic rings. The zero-order chi connectivity index (χ0) is 9.31. The Hall–Kier alpha value is -0.530. The van der Waals surface area contributed by atoms with Crippen LogP contribution in [-0.4, -0.2) is 12.6 Å². The first-order chi connectivity index (χ1) is 6.24. The SMILES string of the molecule is CNC1(Cc2cccc(Cl)c2)CC1. The highest BCUT2D eigenvalue weighted by atomic mass is 35.5. The van der Waals surface area contributed by atoms with Gasteiger partial charge in [-0.25, -0.2) is 0 Å². The van der Waals surface area contributed by atoms with Crippen molar-refractivity contribution < 1.29 is 0 Å². The highest BCUT2D eigenvalue weighted by Crippen LogP contribution is 2.38. The van der Waals surface area contributed by atoms with Gasteiger partial charge in [0.2, 0.25) is 0 Å². The van der Waals surface area contributed by atoms with Crippen LogP contribution in [0.4, 0.5) is 0 Å². The Kier molecular flexibility index (Phi) is 2.31. The molecule has 1 aliphatic rings. The number of halogens is 1. The monoisotopic (exact) mass is 195 g/mol. The molecule has 1 nitrogen and oxygen atoms in total. The van der Waals surface area contributed by atoms with Crippen molar-refractivity contribution in [2.75, 3.05) is 7.05 Å². The molecule has 2 rings (SSSR count). The molecule has 0 spiro atoms. The third kappa shape index (κ3) is 2.04. The van der Waals surface area contributed by atoms with Crippen LogP contribution in [0.3, 0.4) is 0 Å². The highest BCUT2D eigenvalue weighted by Gasteiger charge is 2.40. The van der Waals surface area contributed by atoms with Gasteiger partial charge in [0.25, 0.3) is 0 Å². The minimum Gasteiger partial charge on any atom is -0.314 e. The topological polar surface area (TPSA) is 12.0 Å². The average Bonchev–Trinajstić information content (AvgIpc) is 2.86. The molecule has 1 aliphatic carbocycles. The molecule has 0 aliphatic heterocycles. The zero-order valence-corrected chi connectivity index (χ0v) is 8.56. The molecule has 0 radical (unpaired) electrons. The Bertz CT molecular complexity index is 305. The van der Waals surface area contributed by atoms with Crippen molar-refractivity contribution in [3.8, 4) is 0 Å². The van der Waals surface area contributed by atoms with E-state index in [0.29, 0.717) is 5.54 Å². The zero-order valence-electron chi connectivity index (χ0n) is 7.81. The van der Waals surface area contributed by atoms with Crippen molar-refractivity contribution in [3.63, 3.8) is 0 Å². The highest BCUT2D eigenvalue weighted by molar-refractivity contribution is 6.30. The summed E-state index contributed by atoms with van der Waals surface area (Å²) in [5.74, 6) is 0. The van der Waals surface area contributed by atoms with E-state index in [4.69, 9.17) is 11.6 Å². The van der Waals surface area contributed by atoms with Gasteiger partial charge in [0.15, 0.2) is 0 Å². The van der Waals surface area contributed by atoms with Gasteiger partial charge < -0.3 is 5.32 Å². The van der Waals surface area contributed by atoms with E-state index in [-0.39, 0.29) is 0 Å². The first kappa shape index (κ1) is 9.04. The van der Waals surface area contributed by atoms with Crippen LogP contribution in [0.1, 0.15) is 18.4 Å². The van der Waals surface area contributed by atoms with E-state index < -0.39 is 0 Å². The first-order valence-corrected chi connectivity index (χ1v) is 5.05. The summed E-state index contributed by atoms with van der Waals surface area (Å²) in [5.41, 5.74) is 1.71. The number of benzene rings is 1. The van der Waals surface area contributed by atoms with Gasteiger partial charge in [-0.1, -0.05) is 23.7 Å². The average molecular weight is 196 g/mol. The van der Waals surface area contributed by atoms with Gasteiger partial charge in [-0.15, -0.1) is 0 Å². The van der Waals surface area contributed by atoms with Crippen molar-refractivity contribution in [1.82, 2.24) is 5.32 Å². The summed E-state index contributed by atoms with van der Waals surface area (Å²) in [6, 6.07) is 8.13. The lowest BCUT2D eigenvalue weighted by molar-refractivity contribution is 0.549. The van der Waals surface area contributed by atoms with Crippen LogP contribution in [0.5, 0.6) is 0 Å². The maximum Gasteiger partial charge on any atom is 0.0408 e. The molecule has 13 heavy (non-hydrogen) atoms. The van der Waals surface area contributed by atoms with Crippen LogP contribution in [-0.2, 0) is 6.42 Å². The van der Waals surface area contributed by atoms with E-state index >= 15 is 0 Å². The summed E-state index contributed by atoms with van der Waals surface area (Å²) in [5, 5.41) is 4.21. The van der Waals surface area contributed by atoms with E-state index in [0.717, 1.165) is 11.4 Å². The van der Waals surface area contributed by atoms with Crippen LogP contribution in [0, 0.1) is 0 Å². The Morgan fingerprint density at radius 1 is 1.46 bits per heavy atom. The molecule has 1 aromatic carbocycles. The third-order valence-corrected chi connectivity index (χ3v) is 3.05. The first-order valence-electron chi connectivity index (χ1n) is 4.67. The minimum absolute atomic E-state index is 0.380. The summed E-state index contributed by atoms with van der Waals surface area (Å²) >= 11 is 5.92. The second-order valence-corrected chi connectivity index (χ2v) is 4.27. The Balaban J connectivity index is 2.09. The molecule has 0 atom stereocenters. The van der Waals surface area contributed by atoms with Crippen LogP contribution in [0.25, 0.3) is 0 Å². The summed E-state index contributed by atoms with van der Waals surface area (Å²) < 4.78 is 0. The van der Waals surface area contributed by atoms with Crippen LogP contribution in [0.15, 0.2) is 24.3 Å². The predicted molar refractivity (Wildman–Crippen MR) is 56.2 cm³/mol. The number of hydrogen-bond acceptors (Lipinski definition) is 1. The maximum atomic E-state index is 5.92. The Morgan fingerprint density at radius 2 is 2.23 bits per heavy atom. The number of nitrogens with one attached hydrogen (secondary N) is 1. The minimum atomic E-state index is 0.380. The van der Waals surface area contributed by atoms with Gasteiger partial charge in [0, 0.05) is 10.6 Å². The summed E-state index contributed by atoms with van der Waals surface area (Å²) in [7, 11) is 2.04. The van der Waals surface area contributed by atoms with Crippen LogP contribution >= 0.6 is 11.6 Å². The fourth-order valence-electron chi connectivity index (χ4n) is 1.70. The molecule has 1 N–H and O–H groups in total. The van der Waals surface area contributed by atoms with E-state index in [9.17, 15) is 0 Å². The van der Waals surface area contributed by atoms with Gasteiger partial charge >= 0.3 is 0 Å². The fourth-order valence-corrected chi connectivity index (χ4v) is 1.92. The van der Waals surface area contributed by atoms with Crippen molar-refractivity contribution in [2.24, 2.45) is 0 Å². The summed E-state index contributed by atoms with van der Waals surface area (Å²) in [4.78, 5) is 0. The second-order valence-electron chi connectivity index (χ2n) is 3.84. The van der Waals surface area contributed by atoms with Crippen molar-refractivity contribution in [2.45, 2.75) is 24.8 Å². The molecule has 0 unspecified atom stereocenters. The molecular weight excluding hydrogens is 182 g/mol. The van der Waals surface area contributed by atoms with E-state index in [1.54, 1.807) is 0 Å². The van der Waals surface area contributed by atoms with E-state index in [2.05, 4.69) is 17.4 Å². The molecule has 0 aromatic heterocycles. The largest absolute Gasteiger partial charge is 0.314 e. The van der Waals surface area contributed by atoms with Crippen molar-refractivity contribution in [3.05, 3.63) is 34.9 Å². The standard InChI is InChI=1S/C11H14ClN/c1-13-11(5-6-11)8-9-3-2-4-10(12)7-9/h2-4,7,13H,5-6,8H2,1H3. The Morgan fingerprint density at radius 3 is 2.77 bits per heavy atom. The van der Waals surface area contributed by atoms with Crippen LogP contribution < -0.4 is 5.32 Å². The van der Waals surface area contributed by atoms with Gasteiger partial charge in [-0.05, 0) is 44.0 Å². The molecule has 70 valence electrons. The lowest BCUT2D eigenvalue weighted by atomic mass is 10.0. The lowest BCUT2D eigenvalue weighted by Gasteiger charge is -2.13. The van der Waals surface area contributed by atoms with Crippen molar-refractivity contribution >= 4 is 11.6 Å². The molecular formula is C11H14ClN. The van der Waals surface area contributed by atoms with E-state index in [1.165, 1.54) is 18.4 Å². The number of hydrogen-bond donors (Lipinski definition) is 1. The van der Waals surface area contributed by atoms with E-state index in [1.807, 2.05) is 19.2 Å². The number of rotatable bonds is 3. The molecule has 0 bridgehead atoms. The summed E-state index contributed by atoms with van der Waals surface area (Å²) in [6.07, 6.45) is 3.68. The fraction of sp³-hybridized carbons (Fsp3) is 0.455. The lowest BCUT2D eigenvalue weighted by Crippen LogP contribution is -2.29. The molecule has 2 heteroatoms. The normalized spacial score (nSPS) is 18.6. The van der Waals surface area contributed by atoms with Gasteiger partial charge in [0.05, 0.1) is 0 Å². The number of likely N-dealkylation sites (N-methyl/N-ethyl adjacent to an activating group) is 1. The van der Waals surface area contributed by atoms with Gasteiger partial charge in [-0.2, -0.15) is 0 Å². The molecule has 0 amide bonds. The molecule has 1 fully saturated rings. The maximum absolute atomic E-state index is 5.92. The second kappa shape index (κ2) is 3.32. The predicted octanol–water partition coefficient (Wildman–Crippen LogP) is 2.63. The molecule has 0 heterocycles. The molecule has 0 saturated heterocycles. The molecule has 1 saturated carbocycles. The third-order valence-electron chi connectivity index (χ3n) is 2.82. The van der Waals surface area contributed by atoms with Gasteiger partial charge in [-0.3, -0.25) is 0 Å². The Labute approximate surface area is 84.1 Å². The van der Waals surface area contributed by atoms with Gasteiger partial charge in [0.1, 0.15) is 0 Å². The smallest absolute Gasteiger partial charge is 0.0408 e. The quantitative estimate of drug-likeness (QED) is 0.782. The summed E-state index contributed by atoms with van der Waals surface area (Å²) in [6.45, 7) is 0. The van der Waals surface area contributed by atoms with Crippen LogP contribution in [0.2, 0.25) is 5.02 Å².